The molecule has 16 heavy (non-hydrogen) atoms. The molecule has 0 aromatic heterocycles. The minimum atomic E-state index is -0.310. The summed E-state index contributed by atoms with van der Waals surface area (Å²) in [5.41, 5.74) is 5.18. The molecule has 0 aromatic carbocycles. The number of rotatable bonds is 4. The molecule has 0 saturated carbocycles. The van der Waals surface area contributed by atoms with Crippen LogP contribution in [-0.4, -0.2) is 55.2 Å². The van der Waals surface area contributed by atoms with Crippen molar-refractivity contribution in [2.45, 2.75) is 38.0 Å². The van der Waals surface area contributed by atoms with Crippen molar-refractivity contribution in [3.63, 3.8) is 0 Å². The van der Waals surface area contributed by atoms with E-state index in [-0.39, 0.29) is 18.1 Å². The Kier molecular flexibility index (Phi) is 3.78. The Morgan fingerprint density at radius 1 is 1.69 bits per heavy atom. The average Bonchev–Trinajstić information content (AvgIpc) is 2.72. The highest BCUT2D eigenvalue weighted by Gasteiger charge is 2.32. The topological polar surface area (TPSA) is 67.6 Å². The lowest BCUT2D eigenvalue weighted by molar-refractivity contribution is -0.120. The minimum absolute atomic E-state index is 0.191. The van der Waals surface area contributed by atoms with Gasteiger partial charge in [0.25, 0.3) is 0 Å². The minimum Gasteiger partial charge on any atom is -0.374 e. The number of carbonyl (C=O) groups excluding carboxylic acids is 1. The highest BCUT2D eigenvalue weighted by molar-refractivity contribution is 5.79. The van der Waals surface area contributed by atoms with Gasteiger partial charge in [-0.25, -0.2) is 0 Å². The summed E-state index contributed by atoms with van der Waals surface area (Å²) in [5, 5.41) is 3.11. The van der Waals surface area contributed by atoms with E-state index in [1.165, 1.54) is 19.4 Å². The number of nitrogens with two attached hydrogens (primary N) is 1. The fourth-order valence-electron chi connectivity index (χ4n) is 2.42. The zero-order valence-corrected chi connectivity index (χ0v) is 9.82. The summed E-state index contributed by atoms with van der Waals surface area (Å²) in [6.07, 6.45) is 2.74. The number of amides is 1. The summed E-state index contributed by atoms with van der Waals surface area (Å²) in [4.78, 5) is 13.4. The summed E-state index contributed by atoms with van der Waals surface area (Å²) in [7, 11) is 0. The van der Waals surface area contributed by atoms with Crippen LogP contribution >= 0.6 is 0 Å². The molecule has 0 spiro atoms. The number of nitrogens with one attached hydrogen (secondary N) is 1. The summed E-state index contributed by atoms with van der Waals surface area (Å²) in [6.45, 7) is 5.48. The molecule has 2 saturated heterocycles. The van der Waals surface area contributed by atoms with Gasteiger partial charge in [0, 0.05) is 19.1 Å². The van der Waals surface area contributed by atoms with Crippen LogP contribution in [0.2, 0.25) is 0 Å². The Morgan fingerprint density at radius 2 is 2.50 bits per heavy atom. The lowest BCUT2D eigenvalue weighted by Crippen LogP contribution is -2.51. The molecule has 5 nitrogen and oxygen atoms in total. The van der Waals surface area contributed by atoms with Crippen molar-refractivity contribution >= 4 is 5.91 Å². The van der Waals surface area contributed by atoms with Crippen molar-refractivity contribution in [2.75, 3.05) is 26.2 Å². The maximum Gasteiger partial charge on any atom is 0.234 e. The Balaban J connectivity index is 1.73. The number of fused-ring (bicyclic) bond motifs is 1. The fraction of sp³-hybridized carbons (Fsp3) is 0.909. The molecule has 0 aliphatic carbocycles. The van der Waals surface area contributed by atoms with Gasteiger partial charge >= 0.3 is 0 Å². The molecule has 0 radical (unpaired) electrons. The van der Waals surface area contributed by atoms with Gasteiger partial charge in [0.1, 0.15) is 0 Å². The third-order valence-corrected chi connectivity index (χ3v) is 3.54. The number of ether oxygens (including phenoxy) is 1. The van der Waals surface area contributed by atoms with Gasteiger partial charge in [0.05, 0.1) is 18.8 Å². The van der Waals surface area contributed by atoms with Crippen LogP contribution in [0, 0.1) is 0 Å². The van der Waals surface area contributed by atoms with Crippen LogP contribution in [0.5, 0.6) is 0 Å². The van der Waals surface area contributed by atoms with Gasteiger partial charge in [-0.05, 0) is 26.3 Å². The van der Waals surface area contributed by atoms with E-state index in [1.807, 2.05) is 0 Å². The van der Waals surface area contributed by atoms with Crippen LogP contribution in [0.3, 0.4) is 0 Å². The molecule has 3 N–H and O–H groups in total. The number of hydrogen-bond donors (Lipinski definition) is 2. The molecule has 2 aliphatic rings. The van der Waals surface area contributed by atoms with Crippen molar-refractivity contribution in [1.82, 2.24) is 10.2 Å². The monoisotopic (exact) mass is 227 g/mol. The smallest absolute Gasteiger partial charge is 0.234 e. The van der Waals surface area contributed by atoms with E-state index in [2.05, 4.69) is 10.2 Å². The van der Waals surface area contributed by atoms with Crippen LogP contribution in [-0.2, 0) is 9.53 Å². The molecule has 2 aliphatic heterocycles. The Labute approximate surface area is 96.3 Å². The van der Waals surface area contributed by atoms with Gasteiger partial charge in [0.15, 0.2) is 0 Å². The third-order valence-electron chi connectivity index (χ3n) is 3.54. The highest BCUT2D eigenvalue weighted by atomic mass is 16.5. The van der Waals surface area contributed by atoms with Gasteiger partial charge in [-0.2, -0.15) is 0 Å². The van der Waals surface area contributed by atoms with Crippen molar-refractivity contribution in [2.24, 2.45) is 5.73 Å². The predicted octanol–water partition coefficient (Wildman–Crippen LogP) is -0.687. The maximum atomic E-state index is 10.9. The van der Waals surface area contributed by atoms with Crippen LogP contribution in [0.4, 0.5) is 0 Å². The summed E-state index contributed by atoms with van der Waals surface area (Å²) in [6, 6.07) is 0.352. The first-order chi connectivity index (χ1) is 7.66. The quantitative estimate of drug-likeness (QED) is 0.667. The molecule has 2 rings (SSSR count). The number of hydrogen-bond acceptors (Lipinski definition) is 4. The molecule has 3 atom stereocenters. The van der Waals surface area contributed by atoms with Crippen molar-refractivity contribution in [3.05, 3.63) is 0 Å². The standard InChI is InChI=1S/C11H21N3O2/c1-8(11(12)15)13-5-10-6-14-4-2-3-9(14)7-16-10/h8-10,13H,2-7H2,1H3,(H2,12,15). The predicted molar refractivity (Wildman–Crippen MR) is 61.0 cm³/mol. The van der Waals surface area contributed by atoms with Gasteiger partial charge in [-0.3, -0.25) is 9.69 Å². The molecule has 2 fully saturated rings. The summed E-state index contributed by atoms with van der Waals surface area (Å²) < 4.78 is 5.77. The number of carbonyl (C=O) groups is 1. The number of primary amides is 1. The first-order valence-corrected chi connectivity index (χ1v) is 6.05. The Morgan fingerprint density at radius 3 is 3.25 bits per heavy atom. The molecule has 1 amide bonds. The van der Waals surface area contributed by atoms with E-state index < -0.39 is 0 Å². The highest BCUT2D eigenvalue weighted by Crippen LogP contribution is 2.22. The normalized spacial score (nSPS) is 32.3. The van der Waals surface area contributed by atoms with Crippen molar-refractivity contribution < 1.29 is 9.53 Å². The third kappa shape index (κ3) is 2.72. The van der Waals surface area contributed by atoms with E-state index in [1.54, 1.807) is 6.92 Å². The second-order valence-electron chi connectivity index (χ2n) is 4.78. The van der Waals surface area contributed by atoms with Crippen LogP contribution in [0.1, 0.15) is 19.8 Å². The van der Waals surface area contributed by atoms with Crippen LogP contribution < -0.4 is 11.1 Å². The summed E-state index contributed by atoms with van der Waals surface area (Å²) in [5.74, 6) is -0.310. The zero-order chi connectivity index (χ0) is 11.5. The van der Waals surface area contributed by atoms with E-state index >= 15 is 0 Å². The molecule has 2 heterocycles. The van der Waals surface area contributed by atoms with Crippen LogP contribution in [0.15, 0.2) is 0 Å². The first-order valence-electron chi connectivity index (χ1n) is 6.05. The van der Waals surface area contributed by atoms with Crippen molar-refractivity contribution in [3.8, 4) is 0 Å². The van der Waals surface area contributed by atoms with E-state index in [0.29, 0.717) is 12.6 Å². The Hall–Kier alpha value is -0.650. The second-order valence-corrected chi connectivity index (χ2v) is 4.78. The number of nitrogens with zero attached hydrogens (tertiary/aromatic N) is 1. The summed E-state index contributed by atoms with van der Waals surface area (Å²) >= 11 is 0. The van der Waals surface area contributed by atoms with Crippen LogP contribution in [0.25, 0.3) is 0 Å². The molecule has 0 bridgehead atoms. The Bertz CT molecular complexity index is 260. The van der Waals surface area contributed by atoms with Gasteiger partial charge < -0.3 is 15.8 Å². The SMILES string of the molecule is CC(NCC1CN2CCCC2CO1)C(N)=O. The van der Waals surface area contributed by atoms with Gasteiger partial charge in [-0.15, -0.1) is 0 Å². The average molecular weight is 227 g/mol. The molecule has 0 aromatic rings. The molecule has 3 unspecified atom stereocenters. The first kappa shape index (κ1) is 11.8. The van der Waals surface area contributed by atoms with E-state index in [9.17, 15) is 4.79 Å². The van der Waals surface area contributed by atoms with E-state index in [0.717, 1.165) is 13.2 Å². The maximum absolute atomic E-state index is 10.9. The molecule has 92 valence electrons. The second kappa shape index (κ2) is 5.12. The lowest BCUT2D eigenvalue weighted by Gasteiger charge is -2.35. The molecular formula is C11H21N3O2. The van der Waals surface area contributed by atoms with Gasteiger partial charge in [0.2, 0.25) is 5.91 Å². The zero-order valence-electron chi connectivity index (χ0n) is 9.82. The molecule has 5 heteroatoms. The fourth-order valence-corrected chi connectivity index (χ4v) is 2.42. The van der Waals surface area contributed by atoms with Crippen molar-refractivity contribution in [1.29, 1.82) is 0 Å². The largest absolute Gasteiger partial charge is 0.374 e. The number of morpholine rings is 1. The lowest BCUT2D eigenvalue weighted by atomic mass is 10.2. The molecular weight excluding hydrogens is 206 g/mol. The van der Waals surface area contributed by atoms with Gasteiger partial charge in [-0.1, -0.05) is 0 Å². The van der Waals surface area contributed by atoms with E-state index in [4.69, 9.17) is 10.5 Å².